The Bertz CT molecular complexity index is 1210. The molecule has 3 rings (SSSR count). The van der Waals surface area contributed by atoms with Gasteiger partial charge in [0.1, 0.15) is 10.9 Å². The quantitative estimate of drug-likeness (QED) is 0.584. The van der Waals surface area contributed by atoms with Crippen molar-refractivity contribution in [2.45, 2.75) is 17.1 Å². The highest BCUT2D eigenvalue weighted by Crippen LogP contribution is 2.39. The van der Waals surface area contributed by atoms with Crippen LogP contribution in [0, 0.1) is 0 Å². The summed E-state index contributed by atoms with van der Waals surface area (Å²) in [5.41, 5.74) is -0.636. The van der Waals surface area contributed by atoms with Crippen molar-refractivity contribution in [3.05, 3.63) is 88.1 Å². The molecule has 2 heterocycles. The van der Waals surface area contributed by atoms with E-state index >= 15 is 0 Å². The van der Waals surface area contributed by atoms with E-state index in [0.717, 1.165) is 36.0 Å². The minimum absolute atomic E-state index is 0.102. The Morgan fingerprint density at radius 2 is 1.77 bits per heavy atom. The zero-order valence-corrected chi connectivity index (χ0v) is 17.0. The second kappa shape index (κ2) is 8.21. The van der Waals surface area contributed by atoms with Gasteiger partial charge in [0.2, 0.25) is 10.0 Å². The van der Waals surface area contributed by atoms with Crippen molar-refractivity contribution in [3.8, 4) is 5.69 Å². The maximum atomic E-state index is 13.8. The Kier molecular flexibility index (Phi) is 6.02. The summed E-state index contributed by atoms with van der Waals surface area (Å²) in [4.78, 5) is 15.3. The molecule has 0 fully saturated rings. The predicted molar refractivity (Wildman–Crippen MR) is 105 cm³/mol. The summed E-state index contributed by atoms with van der Waals surface area (Å²) in [5, 5.41) is 0.218. The molecule has 0 aliphatic rings. The maximum absolute atomic E-state index is 13.8. The van der Waals surface area contributed by atoms with Crippen LogP contribution in [0.15, 0.2) is 76.8 Å². The third kappa shape index (κ3) is 4.40. The average Bonchev–Trinajstić information content (AvgIpc) is 2.69. The Morgan fingerprint density at radius 3 is 2.37 bits per heavy atom. The lowest BCUT2D eigenvalue weighted by atomic mass is 10.1. The van der Waals surface area contributed by atoms with Gasteiger partial charge in [-0.2, -0.15) is 17.5 Å². The molecule has 6 nitrogen and oxygen atoms in total. The van der Waals surface area contributed by atoms with E-state index in [1.54, 1.807) is 6.07 Å². The minimum atomic E-state index is -4.89. The van der Waals surface area contributed by atoms with E-state index < -0.39 is 32.7 Å². The summed E-state index contributed by atoms with van der Waals surface area (Å²) in [5.74, 6) is 0. The number of sulfonamides is 1. The monoisotopic (exact) mass is 457 g/mol. The number of pyridine rings is 2. The molecular formula is C19H15ClF3N3O3S. The molecule has 0 saturated heterocycles. The van der Waals surface area contributed by atoms with Crippen LogP contribution in [-0.4, -0.2) is 35.5 Å². The topological polar surface area (TPSA) is 72.3 Å². The fourth-order valence-corrected chi connectivity index (χ4v) is 4.32. The van der Waals surface area contributed by atoms with Crippen molar-refractivity contribution < 1.29 is 21.6 Å². The first-order valence-electron chi connectivity index (χ1n) is 8.45. The highest BCUT2D eigenvalue weighted by molar-refractivity contribution is 7.89. The largest absolute Gasteiger partial charge is 0.409 e. The normalized spacial score (nSPS) is 13.4. The standard InChI is InChI=1S/C19H15ClF3N3O3S/c1-25(18(19(21,22)23)13-5-7-14(20)8-6-13)30(28,29)16-10-15(11-24-12-16)26-9-3-2-4-17(26)27/h2-12,18H,1H3. The first-order chi connectivity index (χ1) is 14.0. The van der Waals surface area contributed by atoms with Crippen LogP contribution in [-0.2, 0) is 10.0 Å². The van der Waals surface area contributed by atoms with Gasteiger partial charge < -0.3 is 0 Å². The molecule has 0 spiro atoms. The number of rotatable bonds is 5. The molecule has 0 radical (unpaired) electrons. The Labute approximate surface area is 175 Å². The predicted octanol–water partition coefficient (Wildman–Crippen LogP) is 3.81. The number of hydrogen-bond donors (Lipinski definition) is 0. The molecule has 0 amide bonds. The third-order valence-electron chi connectivity index (χ3n) is 4.34. The van der Waals surface area contributed by atoms with Gasteiger partial charge in [0.15, 0.2) is 0 Å². The lowest BCUT2D eigenvalue weighted by Crippen LogP contribution is -2.39. The highest BCUT2D eigenvalue weighted by Gasteiger charge is 2.47. The molecule has 1 aromatic carbocycles. The lowest BCUT2D eigenvalue weighted by molar-refractivity contribution is -0.171. The number of aromatic nitrogens is 2. The number of nitrogens with zero attached hydrogens (tertiary/aromatic N) is 3. The van der Waals surface area contributed by atoms with E-state index in [4.69, 9.17) is 11.6 Å². The number of alkyl halides is 3. The molecule has 1 unspecified atom stereocenters. The summed E-state index contributed by atoms with van der Waals surface area (Å²) >= 11 is 5.74. The summed E-state index contributed by atoms with van der Waals surface area (Å²) in [7, 11) is -3.78. The van der Waals surface area contributed by atoms with Crippen LogP contribution in [0.1, 0.15) is 11.6 Å². The molecule has 2 aromatic heterocycles. The van der Waals surface area contributed by atoms with E-state index in [-0.39, 0.29) is 20.6 Å². The van der Waals surface area contributed by atoms with Gasteiger partial charge >= 0.3 is 6.18 Å². The zero-order chi connectivity index (χ0) is 22.1. The first-order valence-corrected chi connectivity index (χ1v) is 10.3. The van der Waals surface area contributed by atoms with Gasteiger partial charge in [0.05, 0.1) is 11.9 Å². The van der Waals surface area contributed by atoms with Crippen LogP contribution in [0.3, 0.4) is 0 Å². The first kappa shape index (κ1) is 22.0. The van der Waals surface area contributed by atoms with Crippen LogP contribution < -0.4 is 5.56 Å². The molecule has 3 aromatic rings. The second-order valence-electron chi connectivity index (χ2n) is 6.30. The molecule has 1 atom stereocenters. The van der Waals surface area contributed by atoms with Gasteiger partial charge in [-0.25, -0.2) is 8.42 Å². The maximum Gasteiger partial charge on any atom is 0.409 e. The number of benzene rings is 1. The Balaban J connectivity index is 2.07. The van der Waals surface area contributed by atoms with E-state index in [0.29, 0.717) is 0 Å². The van der Waals surface area contributed by atoms with Gasteiger partial charge in [0, 0.05) is 30.5 Å². The van der Waals surface area contributed by atoms with Crippen molar-refractivity contribution in [2.24, 2.45) is 0 Å². The second-order valence-corrected chi connectivity index (χ2v) is 8.74. The molecule has 30 heavy (non-hydrogen) atoms. The van der Waals surface area contributed by atoms with Crippen LogP contribution in [0.2, 0.25) is 5.02 Å². The molecule has 0 N–H and O–H groups in total. The van der Waals surface area contributed by atoms with E-state index in [1.165, 1.54) is 36.7 Å². The fourth-order valence-electron chi connectivity index (χ4n) is 2.88. The van der Waals surface area contributed by atoms with E-state index in [1.807, 2.05) is 0 Å². The lowest BCUT2D eigenvalue weighted by Gasteiger charge is -2.29. The van der Waals surface area contributed by atoms with Crippen LogP contribution in [0.4, 0.5) is 13.2 Å². The van der Waals surface area contributed by atoms with Gasteiger partial charge in [-0.05, 0) is 29.8 Å². The SMILES string of the molecule is CN(C(c1ccc(Cl)cc1)C(F)(F)F)S(=O)(=O)c1cncc(-n2ccccc2=O)c1. The molecule has 0 saturated carbocycles. The van der Waals surface area contributed by atoms with E-state index in [2.05, 4.69) is 4.98 Å². The van der Waals surface area contributed by atoms with Gasteiger partial charge in [-0.1, -0.05) is 29.8 Å². The van der Waals surface area contributed by atoms with Crippen molar-refractivity contribution in [2.75, 3.05) is 7.05 Å². The van der Waals surface area contributed by atoms with Crippen molar-refractivity contribution in [1.82, 2.24) is 13.9 Å². The molecule has 0 aliphatic heterocycles. The smallest absolute Gasteiger partial charge is 0.283 e. The summed E-state index contributed by atoms with van der Waals surface area (Å²) in [6.07, 6.45) is -1.33. The molecule has 11 heteroatoms. The van der Waals surface area contributed by atoms with Crippen LogP contribution in [0.25, 0.3) is 5.69 Å². The third-order valence-corrected chi connectivity index (χ3v) is 6.38. The Morgan fingerprint density at radius 1 is 1.10 bits per heavy atom. The molecule has 158 valence electrons. The zero-order valence-electron chi connectivity index (χ0n) is 15.4. The molecule has 0 bridgehead atoms. The van der Waals surface area contributed by atoms with Crippen molar-refractivity contribution >= 4 is 21.6 Å². The fraction of sp³-hybridized carbons (Fsp3) is 0.158. The van der Waals surface area contributed by atoms with Gasteiger partial charge in [-0.15, -0.1) is 0 Å². The summed E-state index contributed by atoms with van der Waals surface area (Å²) < 4.78 is 68.8. The molecule has 0 aliphatic carbocycles. The molecular weight excluding hydrogens is 443 g/mol. The van der Waals surface area contributed by atoms with Crippen molar-refractivity contribution in [3.63, 3.8) is 0 Å². The van der Waals surface area contributed by atoms with Gasteiger partial charge in [-0.3, -0.25) is 14.3 Å². The number of halogens is 4. The van der Waals surface area contributed by atoms with E-state index in [9.17, 15) is 26.4 Å². The van der Waals surface area contributed by atoms with Gasteiger partial charge in [0.25, 0.3) is 5.56 Å². The average molecular weight is 458 g/mol. The summed E-state index contributed by atoms with van der Waals surface area (Å²) in [6, 6.07) is 7.69. The van der Waals surface area contributed by atoms with Crippen molar-refractivity contribution in [1.29, 1.82) is 0 Å². The van der Waals surface area contributed by atoms with Crippen LogP contribution in [0.5, 0.6) is 0 Å². The summed E-state index contributed by atoms with van der Waals surface area (Å²) in [6.45, 7) is 0. The number of hydrogen-bond acceptors (Lipinski definition) is 4. The van der Waals surface area contributed by atoms with Crippen LogP contribution >= 0.6 is 11.6 Å². The Hall–Kier alpha value is -2.69. The highest BCUT2D eigenvalue weighted by atomic mass is 35.5. The minimum Gasteiger partial charge on any atom is -0.283 e.